The molecule has 0 bridgehead atoms. The summed E-state index contributed by atoms with van der Waals surface area (Å²) in [7, 11) is 0. The maximum absolute atomic E-state index is 11.7. The van der Waals surface area contributed by atoms with Crippen LogP contribution in [0.4, 0.5) is 0 Å². The largest absolute Gasteiger partial charge is 0.480 e. The molecule has 0 aromatic carbocycles. The lowest BCUT2D eigenvalue weighted by molar-refractivity contribution is -0.144. The van der Waals surface area contributed by atoms with Gasteiger partial charge in [0.2, 0.25) is 11.8 Å². The van der Waals surface area contributed by atoms with Crippen molar-refractivity contribution in [3.05, 3.63) is 17.5 Å². The Kier molecular flexibility index (Phi) is 5.66. The average Bonchev–Trinajstić information content (AvgIpc) is 2.76. The summed E-state index contributed by atoms with van der Waals surface area (Å²) < 4.78 is 0.956. The zero-order valence-electron chi connectivity index (χ0n) is 9.37. The number of rotatable bonds is 7. The van der Waals surface area contributed by atoms with Gasteiger partial charge >= 0.3 is 5.97 Å². The van der Waals surface area contributed by atoms with Gasteiger partial charge in [0, 0.05) is 0 Å². The second-order valence-electron chi connectivity index (χ2n) is 3.33. The predicted molar refractivity (Wildman–Crippen MR) is 68.5 cm³/mol. The van der Waals surface area contributed by atoms with E-state index in [-0.39, 0.29) is 12.3 Å². The van der Waals surface area contributed by atoms with Crippen molar-refractivity contribution in [2.45, 2.75) is 4.21 Å². The molecule has 3 N–H and O–H groups in total. The SMILES string of the molecule is NC(=O)CN(CC(=O)O)C(=O)CSc1cccs1. The Labute approximate surface area is 112 Å². The molecule has 1 rings (SSSR count). The number of hydrogen-bond acceptors (Lipinski definition) is 5. The summed E-state index contributed by atoms with van der Waals surface area (Å²) in [5.74, 6) is -2.24. The summed E-state index contributed by atoms with van der Waals surface area (Å²) in [6, 6.07) is 3.72. The van der Waals surface area contributed by atoms with E-state index >= 15 is 0 Å². The molecule has 98 valence electrons. The summed E-state index contributed by atoms with van der Waals surface area (Å²) >= 11 is 2.79. The Hall–Kier alpha value is -1.54. The van der Waals surface area contributed by atoms with Crippen molar-refractivity contribution in [1.82, 2.24) is 4.90 Å². The van der Waals surface area contributed by atoms with Gasteiger partial charge in [-0.15, -0.1) is 23.1 Å². The lowest BCUT2D eigenvalue weighted by Gasteiger charge is -2.18. The fourth-order valence-corrected chi connectivity index (χ4v) is 2.84. The molecule has 0 aliphatic carbocycles. The van der Waals surface area contributed by atoms with Crippen LogP contribution >= 0.6 is 23.1 Å². The Morgan fingerprint density at radius 3 is 2.61 bits per heavy atom. The van der Waals surface area contributed by atoms with Crippen molar-refractivity contribution >= 4 is 40.9 Å². The van der Waals surface area contributed by atoms with Gasteiger partial charge in [-0.3, -0.25) is 14.4 Å². The predicted octanol–water partition coefficient (Wildman–Crippen LogP) is 0.239. The molecule has 0 radical (unpaired) electrons. The molecule has 18 heavy (non-hydrogen) atoms. The fraction of sp³-hybridized carbons (Fsp3) is 0.300. The summed E-state index contributed by atoms with van der Waals surface area (Å²) in [5.41, 5.74) is 4.97. The van der Waals surface area contributed by atoms with Crippen LogP contribution in [0.25, 0.3) is 0 Å². The lowest BCUT2D eigenvalue weighted by Crippen LogP contribution is -2.42. The number of aliphatic carboxylic acids is 1. The van der Waals surface area contributed by atoms with Crippen LogP contribution in [0.1, 0.15) is 0 Å². The van der Waals surface area contributed by atoms with E-state index in [1.807, 2.05) is 17.5 Å². The highest BCUT2D eigenvalue weighted by atomic mass is 32.2. The molecule has 0 aliphatic rings. The van der Waals surface area contributed by atoms with Crippen LogP contribution < -0.4 is 5.73 Å². The van der Waals surface area contributed by atoms with Gasteiger partial charge in [-0.25, -0.2) is 0 Å². The van der Waals surface area contributed by atoms with E-state index in [0.29, 0.717) is 0 Å². The number of nitrogens with two attached hydrogens (primary N) is 1. The van der Waals surface area contributed by atoms with Gasteiger partial charge in [0.1, 0.15) is 6.54 Å². The van der Waals surface area contributed by atoms with E-state index in [1.54, 1.807) is 0 Å². The average molecular weight is 288 g/mol. The molecule has 0 saturated carbocycles. The lowest BCUT2D eigenvalue weighted by atomic mass is 10.4. The molecule has 6 nitrogen and oxygen atoms in total. The van der Waals surface area contributed by atoms with E-state index in [4.69, 9.17) is 10.8 Å². The van der Waals surface area contributed by atoms with Crippen molar-refractivity contribution in [2.75, 3.05) is 18.8 Å². The molecule has 8 heteroatoms. The minimum absolute atomic E-state index is 0.0844. The smallest absolute Gasteiger partial charge is 0.323 e. The molecule has 0 unspecified atom stereocenters. The van der Waals surface area contributed by atoms with Crippen molar-refractivity contribution in [3.8, 4) is 0 Å². The highest BCUT2D eigenvalue weighted by Crippen LogP contribution is 2.23. The number of hydrogen-bond donors (Lipinski definition) is 2. The summed E-state index contributed by atoms with van der Waals surface area (Å²) in [6.45, 7) is -0.900. The van der Waals surface area contributed by atoms with E-state index < -0.39 is 24.3 Å². The second-order valence-corrected chi connectivity index (χ2v) is 5.55. The first-order valence-corrected chi connectivity index (χ1v) is 6.79. The van der Waals surface area contributed by atoms with Crippen LogP contribution in [0.5, 0.6) is 0 Å². The van der Waals surface area contributed by atoms with Crippen molar-refractivity contribution in [3.63, 3.8) is 0 Å². The van der Waals surface area contributed by atoms with Crippen LogP contribution in [0, 0.1) is 0 Å². The zero-order chi connectivity index (χ0) is 13.5. The van der Waals surface area contributed by atoms with Gasteiger partial charge in [-0.2, -0.15) is 0 Å². The van der Waals surface area contributed by atoms with Crippen molar-refractivity contribution in [2.24, 2.45) is 5.73 Å². The molecule has 1 aromatic heterocycles. The molecule has 0 aliphatic heterocycles. The number of carbonyl (C=O) groups excluding carboxylic acids is 2. The molecule has 1 aromatic rings. The van der Waals surface area contributed by atoms with Crippen molar-refractivity contribution in [1.29, 1.82) is 0 Å². The molecule has 0 atom stereocenters. The zero-order valence-corrected chi connectivity index (χ0v) is 11.0. The molecular weight excluding hydrogens is 276 g/mol. The van der Waals surface area contributed by atoms with Crippen LogP contribution in [0.2, 0.25) is 0 Å². The Bertz CT molecular complexity index is 417. The number of nitrogens with zero attached hydrogens (tertiary/aromatic N) is 1. The number of primary amides is 1. The van der Waals surface area contributed by atoms with E-state index in [9.17, 15) is 14.4 Å². The highest BCUT2D eigenvalue weighted by Gasteiger charge is 2.18. The molecular formula is C10H12N2O4S2. The van der Waals surface area contributed by atoms with Gasteiger partial charge in [0.25, 0.3) is 0 Å². The minimum atomic E-state index is -1.18. The Morgan fingerprint density at radius 2 is 2.11 bits per heavy atom. The molecule has 2 amide bonds. The number of carboxylic acid groups (broad SMARTS) is 1. The normalized spacial score (nSPS) is 10.0. The first-order valence-electron chi connectivity index (χ1n) is 4.93. The monoisotopic (exact) mass is 288 g/mol. The molecule has 0 spiro atoms. The van der Waals surface area contributed by atoms with E-state index in [0.717, 1.165) is 9.11 Å². The van der Waals surface area contributed by atoms with Gasteiger partial charge < -0.3 is 15.7 Å². The third-order valence-corrected chi connectivity index (χ3v) is 3.97. The first-order chi connectivity index (χ1) is 8.49. The van der Waals surface area contributed by atoms with E-state index in [2.05, 4.69) is 0 Å². The highest BCUT2D eigenvalue weighted by molar-refractivity contribution is 8.01. The fourth-order valence-electron chi connectivity index (χ4n) is 1.15. The van der Waals surface area contributed by atoms with Crippen LogP contribution in [0.3, 0.4) is 0 Å². The van der Waals surface area contributed by atoms with Gasteiger partial charge in [-0.1, -0.05) is 6.07 Å². The number of thioether (sulfide) groups is 1. The first kappa shape index (κ1) is 14.5. The molecule has 0 fully saturated rings. The van der Waals surface area contributed by atoms with Gasteiger partial charge in [0.15, 0.2) is 0 Å². The third-order valence-electron chi connectivity index (χ3n) is 1.86. The quantitative estimate of drug-likeness (QED) is 0.700. The van der Waals surface area contributed by atoms with E-state index in [1.165, 1.54) is 23.1 Å². The topological polar surface area (TPSA) is 101 Å². The molecule has 0 saturated heterocycles. The minimum Gasteiger partial charge on any atom is -0.480 e. The third kappa shape index (κ3) is 5.19. The second kappa shape index (κ2) is 7.02. The summed E-state index contributed by atoms with van der Waals surface area (Å²) in [4.78, 5) is 34.0. The van der Waals surface area contributed by atoms with Crippen LogP contribution in [-0.2, 0) is 14.4 Å². The maximum Gasteiger partial charge on any atom is 0.323 e. The number of thiophene rings is 1. The van der Waals surface area contributed by atoms with Gasteiger partial charge in [0.05, 0.1) is 16.5 Å². The standard InChI is InChI=1S/C10H12N2O4S2/c11-7(13)4-12(5-9(15)16)8(14)6-18-10-2-1-3-17-10/h1-3H,4-6H2,(H2,11,13)(H,15,16). The summed E-state index contributed by atoms with van der Waals surface area (Å²) in [6.07, 6.45) is 0. The summed E-state index contributed by atoms with van der Waals surface area (Å²) in [5, 5.41) is 10.5. The Balaban J connectivity index is 2.52. The number of carbonyl (C=O) groups is 3. The number of amides is 2. The molecule has 1 heterocycles. The number of carboxylic acids is 1. The van der Waals surface area contributed by atoms with Crippen molar-refractivity contribution < 1.29 is 19.5 Å². The van der Waals surface area contributed by atoms with Gasteiger partial charge in [-0.05, 0) is 11.4 Å². The van der Waals surface area contributed by atoms with Crippen LogP contribution in [-0.4, -0.2) is 46.6 Å². The Morgan fingerprint density at radius 1 is 1.39 bits per heavy atom. The maximum atomic E-state index is 11.7. The van der Waals surface area contributed by atoms with Crippen LogP contribution in [0.15, 0.2) is 21.7 Å².